The molecule has 0 aromatic carbocycles. The van der Waals surface area contributed by atoms with E-state index in [9.17, 15) is 4.79 Å². The fourth-order valence-corrected chi connectivity index (χ4v) is 1.90. The van der Waals surface area contributed by atoms with Gasteiger partial charge in [0.05, 0.1) is 12.0 Å². The van der Waals surface area contributed by atoms with Gasteiger partial charge in [0.15, 0.2) is 0 Å². The molecule has 0 amide bonds. The normalized spacial score (nSPS) is 29.4. The highest BCUT2D eigenvalue weighted by Gasteiger charge is 2.42. The van der Waals surface area contributed by atoms with E-state index in [2.05, 4.69) is 0 Å². The summed E-state index contributed by atoms with van der Waals surface area (Å²) in [7, 11) is 0. The summed E-state index contributed by atoms with van der Waals surface area (Å²) in [5.41, 5.74) is -0.560. The first-order chi connectivity index (χ1) is 6.14. The Morgan fingerprint density at radius 1 is 1.62 bits per heavy atom. The van der Waals surface area contributed by atoms with Gasteiger partial charge in [0.25, 0.3) is 0 Å². The number of carboxylic acids is 1. The van der Waals surface area contributed by atoms with Crippen LogP contribution in [-0.2, 0) is 4.79 Å². The van der Waals surface area contributed by atoms with Crippen LogP contribution in [0.3, 0.4) is 0 Å². The zero-order valence-electron chi connectivity index (χ0n) is 7.99. The lowest BCUT2D eigenvalue weighted by Crippen LogP contribution is -2.34. The minimum absolute atomic E-state index is 0.111. The van der Waals surface area contributed by atoms with Crippen LogP contribution in [0.15, 0.2) is 0 Å². The fraction of sp³-hybridized carbons (Fsp3) is 0.889. The maximum Gasteiger partial charge on any atom is 0.310 e. The Bertz CT molecular complexity index is 195. The molecule has 0 bridgehead atoms. The quantitative estimate of drug-likeness (QED) is 0.658. The van der Waals surface area contributed by atoms with E-state index in [0.29, 0.717) is 25.9 Å². The van der Waals surface area contributed by atoms with E-state index in [-0.39, 0.29) is 6.61 Å². The predicted molar refractivity (Wildman–Crippen MR) is 48.5 cm³/mol. The van der Waals surface area contributed by atoms with Crippen LogP contribution in [0.1, 0.15) is 19.8 Å². The van der Waals surface area contributed by atoms with Crippen molar-refractivity contribution in [3.8, 4) is 0 Å². The maximum atomic E-state index is 11.0. The smallest absolute Gasteiger partial charge is 0.310 e. The summed E-state index contributed by atoms with van der Waals surface area (Å²) in [6.45, 7) is 3.99. The van der Waals surface area contributed by atoms with Gasteiger partial charge in [-0.2, -0.15) is 0 Å². The third-order valence-corrected chi connectivity index (χ3v) is 2.98. The summed E-state index contributed by atoms with van der Waals surface area (Å²) in [6.07, 6.45) is 1.38. The van der Waals surface area contributed by atoms with Crippen molar-refractivity contribution in [2.45, 2.75) is 19.8 Å². The third kappa shape index (κ3) is 2.00. The zero-order valence-corrected chi connectivity index (χ0v) is 7.99. The van der Waals surface area contributed by atoms with E-state index in [1.807, 2.05) is 11.8 Å². The van der Waals surface area contributed by atoms with Gasteiger partial charge in [-0.1, -0.05) is 6.92 Å². The monoisotopic (exact) mass is 187 g/mol. The molecule has 1 aliphatic heterocycles. The summed E-state index contributed by atoms with van der Waals surface area (Å²) in [4.78, 5) is 13.0. The molecule has 76 valence electrons. The molecule has 0 aromatic heterocycles. The lowest BCUT2D eigenvalue weighted by molar-refractivity contribution is -0.148. The molecule has 0 aliphatic carbocycles. The SMILES string of the molecule is CCC1(C(=O)O)CCN(CCO)C1. The second-order valence-electron chi connectivity index (χ2n) is 3.69. The first-order valence-corrected chi connectivity index (χ1v) is 4.71. The van der Waals surface area contributed by atoms with Crippen LogP contribution < -0.4 is 0 Å². The summed E-state index contributed by atoms with van der Waals surface area (Å²) in [5.74, 6) is -0.699. The van der Waals surface area contributed by atoms with Gasteiger partial charge in [-0.3, -0.25) is 9.69 Å². The summed E-state index contributed by atoms with van der Waals surface area (Å²) >= 11 is 0. The minimum Gasteiger partial charge on any atom is -0.481 e. The largest absolute Gasteiger partial charge is 0.481 e. The number of nitrogens with zero attached hydrogens (tertiary/aromatic N) is 1. The second-order valence-corrected chi connectivity index (χ2v) is 3.69. The molecule has 1 aliphatic rings. The van der Waals surface area contributed by atoms with Crippen molar-refractivity contribution >= 4 is 5.97 Å². The van der Waals surface area contributed by atoms with Crippen molar-refractivity contribution < 1.29 is 15.0 Å². The number of carbonyl (C=O) groups is 1. The Morgan fingerprint density at radius 2 is 2.31 bits per heavy atom. The first-order valence-electron chi connectivity index (χ1n) is 4.71. The molecular weight excluding hydrogens is 170 g/mol. The van der Waals surface area contributed by atoms with E-state index in [1.165, 1.54) is 0 Å². The van der Waals surface area contributed by atoms with Crippen LogP contribution in [0, 0.1) is 5.41 Å². The maximum absolute atomic E-state index is 11.0. The van der Waals surface area contributed by atoms with Crippen molar-refractivity contribution in [3.05, 3.63) is 0 Å². The molecule has 1 heterocycles. The van der Waals surface area contributed by atoms with E-state index in [4.69, 9.17) is 10.2 Å². The summed E-state index contributed by atoms with van der Waals surface area (Å²) in [5, 5.41) is 17.8. The van der Waals surface area contributed by atoms with Gasteiger partial charge in [-0.15, -0.1) is 0 Å². The van der Waals surface area contributed by atoms with Gasteiger partial charge in [0.2, 0.25) is 0 Å². The Kier molecular flexibility index (Phi) is 3.27. The predicted octanol–water partition coefficient (Wildman–Crippen LogP) is 0.165. The number of likely N-dealkylation sites (tertiary alicyclic amines) is 1. The molecular formula is C9H17NO3. The van der Waals surface area contributed by atoms with Gasteiger partial charge >= 0.3 is 5.97 Å². The van der Waals surface area contributed by atoms with Crippen molar-refractivity contribution in [1.82, 2.24) is 4.90 Å². The lowest BCUT2D eigenvalue weighted by Gasteiger charge is -2.22. The van der Waals surface area contributed by atoms with Crippen LogP contribution in [0.4, 0.5) is 0 Å². The number of carboxylic acid groups (broad SMARTS) is 1. The third-order valence-electron chi connectivity index (χ3n) is 2.98. The Labute approximate surface area is 78.2 Å². The Hall–Kier alpha value is -0.610. The lowest BCUT2D eigenvalue weighted by atomic mass is 9.84. The molecule has 0 aromatic rings. The van der Waals surface area contributed by atoms with Gasteiger partial charge in [0.1, 0.15) is 0 Å². The van der Waals surface area contributed by atoms with Gasteiger partial charge in [-0.05, 0) is 19.4 Å². The summed E-state index contributed by atoms with van der Waals surface area (Å²) < 4.78 is 0. The number of hydrogen-bond acceptors (Lipinski definition) is 3. The number of hydrogen-bond donors (Lipinski definition) is 2. The minimum atomic E-state index is -0.699. The highest BCUT2D eigenvalue weighted by Crippen LogP contribution is 2.33. The highest BCUT2D eigenvalue weighted by atomic mass is 16.4. The molecule has 0 spiro atoms. The van der Waals surface area contributed by atoms with Crippen molar-refractivity contribution in [3.63, 3.8) is 0 Å². The van der Waals surface area contributed by atoms with E-state index < -0.39 is 11.4 Å². The number of aliphatic carboxylic acids is 1. The number of aliphatic hydroxyl groups excluding tert-OH is 1. The van der Waals surface area contributed by atoms with Crippen LogP contribution >= 0.6 is 0 Å². The molecule has 1 rings (SSSR count). The molecule has 13 heavy (non-hydrogen) atoms. The van der Waals surface area contributed by atoms with E-state index in [0.717, 1.165) is 6.54 Å². The van der Waals surface area contributed by atoms with Crippen LogP contribution in [0.5, 0.6) is 0 Å². The van der Waals surface area contributed by atoms with Crippen LogP contribution in [0.25, 0.3) is 0 Å². The molecule has 1 atom stereocenters. The van der Waals surface area contributed by atoms with Gasteiger partial charge < -0.3 is 10.2 Å². The molecule has 2 N–H and O–H groups in total. The number of rotatable bonds is 4. The van der Waals surface area contributed by atoms with Crippen molar-refractivity contribution in [1.29, 1.82) is 0 Å². The van der Waals surface area contributed by atoms with Crippen molar-refractivity contribution in [2.75, 3.05) is 26.2 Å². The van der Waals surface area contributed by atoms with Gasteiger partial charge in [0, 0.05) is 13.1 Å². The molecule has 0 radical (unpaired) electrons. The molecule has 1 saturated heterocycles. The molecule has 4 nitrogen and oxygen atoms in total. The van der Waals surface area contributed by atoms with Crippen molar-refractivity contribution in [2.24, 2.45) is 5.41 Å². The average Bonchev–Trinajstić information content (AvgIpc) is 2.50. The second kappa shape index (κ2) is 4.07. The molecule has 1 unspecified atom stereocenters. The van der Waals surface area contributed by atoms with Crippen LogP contribution in [0.2, 0.25) is 0 Å². The highest BCUT2D eigenvalue weighted by molar-refractivity contribution is 5.75. The van der Waals surface area contributed by atoms with Gasteiger partial charge in [-0.25, -0.2) is 0 Å². The van der Waals surface area contributed by atoms with E-state index >= 15 is 0 Å². The number of β-amino-alcohol motifs (C(OH)–C–C–N with tert-alkyl or cyclic N) is 1. The zero-order chi connectivity index (χ0) is 9.90. The fourth-order valence-electron chi connectivity index (χ4n) is 1.90. The molecule has 4 heteroatoms. The summed E-state index contributed by atoms with van der Waals surface area (Å²) in [6, 6.07) is 0. The van der Waals surface area contributed by atoms with E-state index in [1.54, 1.807) is 0 Å². The Balaban J connectivity index is 2.58. The number of aliphatic hydroxyl groups is 1. The average molecular weight is 187 g/mol. The standard InChI is InChI=1S/C9H17NO3/c1-2-9(8(12)13)3-4-10(7-9)5-6-11/h11H,2-7H2,1H3,(H,12,13). The molecule has 0 saturated carbocycles. The molecule has 1 fully saturated rings. The van der Waals surface area contributed by atoms with Crippen LogP contribution in [-0.4, -0.2) is 47.3 Å². The first kappa shape index (κ1) is 10.5. The Morgan fingerprint density at radius 3 is 2.69 bits per heavy atom. The topological polar surface area (TPSA) is 60.8 Å².